The third-order valence-corrected chi connectivity index (χ3v) is 6.16. The van der Waals surface area contributed by atoms with Crippen LogP contribution in [-0.2, 0) is 21.1 Å². The van der Waals surface area contributed by atoms with Gasteiger partial charge in [0.2, 0.25) is 5.91 Å². The van der Waals surface area contributed by atoms with E-state index in [-0.39, 0.29) is 12.0 Å². The van der Waals surface area contributed by atoms with Gasteiger partial charge in [0.25, 0.3) is 0 Å². The summed E-state index contributed by atoms with van der Waals surface area (Å²) < 4.78 is 29.2. The zero-order chi connectivity index (χ0) is 21.8. The largest absolute Gasteiger partial charge is 0.488 e. The molecule has 31 heavy (non-hydrogen) atoms. The van der Waals surface area contributed by atoms with Crippen LogP contribution in [-0.4, -0.2) is 38.2 Å². The van der Waals surface area contributed by atoms with Gasteiger partial charge in [0.15, 0.2) is 9.84 Å². The zero-order valence-electron chi connectivity index (χ0n) is 17.0. The Balaban J connectivity index is 1.36. The van der Waals surface area contributed by atoms with E-state index >= 15 is 0 Å². The second-order valence-corrected chi connectivity index (χ2v) is 9.44. The molecule has 0 radical (unpaired) electrons. The van der Waals surface area contributed by atoms with Crippen LogP contribution in [0, 0.1) is 0 Å². The van der Waals surface area contributed by atoms with Crippen molar-refractivity contribution in [3.8, 4) is 16.9 Å². The molecule has 0 fully saturated rings. The van der Waals surface area contributed by atoms with Gasteiger partial charge in [0.1, 0.15) is 11.9 Å². The summed E-state index contributed by atoms with van der Waals surface area (Å²) >= 11 is 0. The molecule has 0 spiro atoms. The lowest BCUT2D eigenvalue weighted by molar-refractivity contribution is -0.116. The quantitative estimate of drug-likeness (QED) is 0.602. The highest BCUT2D eigenvalue weighted by Crippen LogP contribution is 2.33. The van der Waals surface area contributed by atoms with Crippen LogP contribution in [0.4, 0.5) is 0 Å². The summed E-state index contributed by atoms with van der Waals surface area (Å²) in [5, 5.41) is 2.87. The van der Waals surface area contributed by atoms with Crippen LogP contribution in [0.15, 0.2) is 78.0 Å². The fourth-order valence-corrected chi connectivity index (χ4v) is 4.06. The van der Waals surface area contributed by atoms with Gasteiger partial charge in [-0.15, -0.1) is 0 Å². The van der Waals surface area contributed by atoms with E-state index < -0.39 is 9.84 Å². The number of pyridine rings is 1. The molecule has 1 atom stereocenters. The summed E-state index contributed by atoms with van der Waals surface area (Å²) in [7, 11) is -3.21. The molecule has 2 heterocycles. The van der Waals surface area contributed by atoms with E-state index in [1.807, 2.05) is 24.3 Å². The Kier molecular flexibility index (Phi) is 5.86. The number of nitrogens with one attached hydrogen (secondary N) is 1. The minimum absolute atomic E-state index is 0.131. The van der Waals surface area contributed by atoms with E-state index in [1.165, 1.54) is 12.3 Å². The SMILES string of the molecule is CS(=O)(=O)c1ccc(-c2ccc3c(c2)C[C@H](CNC(=O)/C=C/c2cccnc2)O3)cc1. The summed E-state index contributed by atoms with van der Waals surface area (Å²) in [5.74, 6) is 0.622. The number of hydrogen-bond donors (Lipinski definition) is 1. The van der Waals surface area contributed by atoms with E-state index in [2.05, 4.69) is 16.4 Å². The highest BCUT2D eigenvalue weighted by molar-refractivity contribution is 7.90. The smallest absolute Gasteiger partial charge is 0.244 e. The van der Waals surface area contributed by atoms with Crippen LogP contribution in [0.5, 0.6) is 5.75 Å². The molecule has 0 aliphatic carbocycles. The number of hydrogen-bond acceptors (Lipinski definition) is 5. The standard InChI is InChI=1S/C24H22N2O4S/c1-31(28,29)22-8-5-18(6-9-22)19-7-10-23-20(13-19)14-21(30-23)16-26-24(27)11-4-17-3-2-12-25-15-17/h2-13,15,21H,14,16H2,1H3,(H,26,27)/b11-4+/t21-/m1/s1. The predicted molar refractivity (Wildman–Crippen MR) is 119 cm³/mol. The third kappa shape index (κ3) is 5.19. The topological polar surface area (TPSA) is 85.4 Å². The first-order valence-corrected chi connectivity index (χ1v) is 11.7. The van der Waals surface area contributed by atoms with Gasteiger partial charge in [0, 0.05) is 31.1 Å². The second-order valence-electron chi connectivity index (χ2n) is 7.43. The van der Waals surface area contributed by atoms with E-state index in [0.717, 1.165) is 28.0 Å². The molecule has 0 unspecified atom stereocenters. The minimum Gasteiger partial charge on any atom is -0.488 e. The molecule has 0 bridgehead atoms. The Morgan fingerprint density at radius 2 is 1.94 bits per heavy atom. The summed E-state index contributed by atoms with van der Waals surface area (Å²) in [6.07, 6.45) is 8.33. The van der Waals surface area contributed by atoms with Gasteiger partial charge in [-0.25, -0.2) is 8.42 Å². The zero-order valence-corrected chi connectivity index (χ0v) is 17.8. The number of benzene rings is 2. The molecule has 1 aromatic heterocycles. The van der Waals surface area contributed by atoms with Crippen molar-refractivity contribution >= 4 is 21.8 Å². The molecule has 1 aliphatic rings. The molecule has 1 aliphatic heterocycles. The lowest BCUT2D eigenvalue weighted by Gasteiger charge is -2.10. The lowest BCUT2D eigenvalue weighted by Crippen LogP contribution is -2.33. The first kappa shape index (κ1) is 20.8. The number of carbonyl (C=O) groups is 1. The van der Waals surface area contributed by atoms with Gasteiger partial charge < -0.3 is 10.1 Å². The number of carbonyl (C=O) groups excluding carboxylic acids is 1. The fraction of sp³-hybridized carbons (Fsp3) is 0.167. The molecular formula is C24H22N2O4S. The Morgan fingerprint density at radius 1 is 1.16 bits per heavy atom. The lowest BCUT2D eigenvalue weighted by atomic mass is 10.0. The van der Waals surface area contributed by atoms with Crippen LogP contribution < -0.4 is 10.1 Å². The number of ether oxygens (including phenoxy) is 1. The predicted octanol–water partition coefficient (Wildman–Crippen LogP) is 3.29. The minimum atomic E-state index is -3.21. The van der Waals surface area contributed by atoms with E-state index in [0.29, 0.717) is 17.9 Å². The maximum atomic E-state index is 12.1. The Bertz CT molecular complexity index is 1220. The molecule has 7 heteroatoms. The van der Waals surface area contributed by atoms with Gasteiger partial charge >= 0.3 is 0 Å². The van der Waals surface area contributed by atoms with E-state index in [1.54, 1.807) is 42.7 Å². The van der Waals surface area contributed by atoms with Crippen LogP contribution in [0.3, 0.4) is 0 Å². The van der Waals surface area contributed by atoms with Gasteiger partial charge in [-0.05, 0) is 58.7 Å². The van der Waals surface area contributed by atoms with Crippen LogP contribution in [0.2, 0.25) is 0 Å². The first-order chi connectivity index (χ1) is 14.9. The number of aromatic nitrogens is 1. The van der Waals surface area contributed by atoms with Crippen molar-refractivity contribution < 1.29 is 17.9 Å². The molecule has 1 N–H and O–H groups in total. The monoisotopic (exact) mass is 434 g/mol. The molecule has 4 rings (SSSR count). The maximum absolute atomic E-state index is 12.1. The van der Waals surface area contributed by atoms with Gasteiger partial charge in [-0.2, -0.15) is 0 Å². The summed E-state index contributed by atoms with van der Waals surface area (Å²) in [5.41, 5.74) is 3.85. The molecule has 158 valence electrons. The maximum Gasteiger partial charge on any atom is 0.244 e. The molecule has 2 aromatic carbocycles. The van der Waals surface area contributed by atoms with Crippen molar-refractivity contribution in [2.75, 3.05) is 12.8 Å². The highest BCUT2D eigenvalue weighted by atomic mass is 32.2. The van der Waals surface area contributed by atoms with E-state index in [9.17, 15) is 13.2 Å². The normalized spacial score (nSPS) is 15.5. The summed E-state index contributed by atoms with van der Waals surface area (Å²) in [6.45, 7) is 0.406. The average Bonchev–Trinajstić information content (AvgIpc) is 3.19. The summed E-state index contributed by atoms with van der Waals surface area (Å²) in [4.78, 5) is 16.4. The fourth-order valence-electron chi connectivity index (χ4n) is 3.43. The number of rotatable bonds is 6. The molecule has 1 amide bonds. The molecule has 6 nitrogen and oxygen atoms in total. The van der Waals surface area contributed by atoms with Crippen molar-refractivity contribution in [3.05, 3.63) is 84.2 Å². The highest BCUT2D eigenvalue weighted by Gasteiger charge is 2.23. The molecule has 0 saturated carbocycles. The van der Waals surface area contributed by atoms with Gasteiger partial charge in [-0.1, -0.05) is 24.3 Å². The molecule has 0 saturated heterocycles. The van der Waals surface area contributed by atoms with Crippen molar-refractivity contribution in [1.82, 2.24) is 10.3 Å². The van der Waals surface area contributed by atoms with Crippen molar-refractivity contribution in [2.45, 2.75) is 17.4 Å². The second kappa shape index (κ2) is 8.73. The van der Waals surface area contributed by atoms with Gasteiger partial charge in [-0.3, -0.25) is 9.78 Å². The van der Waals surface area contributed by atoms with E-state index in [4.69, 9.17) is 4.74 Å². The first-order valence-electron chi connectivity index (χ1n) is 9.84. The van der Waals surface area contributed by atoms with Crippen molar-refractivity contribution in [2.24, 2.45) is 0 Å². The number of amides is 1. The van der Waals surface area contributed by atoms with Crippen LogP contribution >= 0.6 is 0 Å². The Hall–Kier alpha value is -3.45. The number of sulfone groups is 1. The van der Waals surface area contributed by atoms with Crippen LogP contribution in [0.1, 0.15) is 11.1 Å². The third-order valence-electron chi connectivity index (χ3n) is 5.03. The Labute approximate surface area is 181 Å². The number of fused-ring (bicyclic) bond motifs is 1. The average molecular weight is 435 g/mol. The molecular weight excluding hydrogens is 412 g/mol. The summed E-state index contributed by atoms with van der Waals surface area (Å²) in [6, 6.07) is 16.5. The Morgan fingerprint density at radius 3 is 2.65 bits per heavy atom. The van der Waals surface area contributed by atoms with Crippen molar-refractivity contribution in [3.63, 3.8) is 0 Å². The van der Waals surface area contributed by atoms with Gasteiger partial charge in [0.05, 0.1) is 11.4 Å². The van der Waals surface area contributed by atoms with Crippen molar-refractivity contribution in [1.29, 1.82) is 0 Å². The van der Waals surface area contributed by atoms with Crippen LogP contribution in [0.25, 0.3) is 17.2 Å². The molecule has 3 aromatic rings. The number of nitrogens with zero attached hydrogens (tertiary/aromatic N) is 1.